The molecule has 1 aromatic rings. The molecule has 2 nitrogen and oxygen atoms in total. The van der Waals surface area contributed by atoms with E-state index in [1.807, 2.05) is 6.07 Å². The molecule has 0 aliphatic heterocycles. The Balaban J connectivity index is 1.92. The Morgan fingerprint density at radius 1 is 1.53 bits per heavy atom. The van der Waals surface area contributed by atoms with E-state index in [9.17, 15) is 4.79 Å². The zero-order chi connectivity index (χ0) is 10.8. The summed E-state index contributed by atoms with van der Waals surface area (Å²) in [4.78, 5) is 11.4. The maximum atomic E-state index is 11.4. The van der Waals surface area contributed by atoms with E-state index in [0.717, 1.165) is 22.9 Å². The summed E-state index contributed by atoms with van der Waals surface area (Å²) < 4.78 is 1.10. The van der Waals surface area contributed by atoms with Gasteiger partial charge in [0, 0.05) is 16.9 Å². The summed E-state index contributed by atoms with van der Waals surface area (Å²) in [7, 11) is 0. The minimum atomic E-state index is 0.201. The molecule has 1 saturated carbocycles. The minimum absolute atomic E-state index is 0.201. The summed E-state index contributed by atoms with van der Waals surface area (Å²) in [5, 5.41) is 2.95. The van der Waals surface area contributed by atoms with Crippen molar-refractivity contribution in [3.05, 3.63) is 33.8 Å². The average molecular weight is 268 g/mol. The van der Waals surface area contributed by atoms with Crippen LogP contribution in [0, 0.1) is 12.8 Å². The standard InChI is InChI=1S/C12H14BrNO/c1-8-2-3-9(6-11(8)13)7-14-12(15)10-4-5-10/h2-3,6,10H,4-5,7H2,1H3,(H,14,15). The lowest BCUT2D eigenvalue weighted by Gasteiger charge is -2.06. The zero-order valence-corrected chi connectivity index (χ0v) is 10.3. The van der Waals surface area contributed by atoms with Gasteiger partial charge in [-0.1, -0.05) is 28.1 Å². The first-order valence-corrected chi connectivity index (χ1v) is 5.99. The second-order valence-electron chi connectivity index (χ2n) is 4.08. The van der Waals surface area contributed by atoms with Crippen molar-refractivity contribution in [3.8, 4) is 0 Å². The molecule has 2 rings (SSSR count). The highest BCUT2D eigenvalue weighted by atomic mass is 79.9. The number of aryl methyl sites for hydroxylation is 1. The molecule has 1 aromatic carbocycles. The van der Waals surface area contributed by atoms with Gasteiger partial charge in [0.15, 0.2) is 0 Å². The van der Waals surface area contributed by atoms with Crippen molar-refractivity contribution >= 4 is 21.8 Å². The quantitative estimate of drug-likeness (QED) is 0.897. The fourth-order valence-corrected chi connectivity index (χ4v) is 1.85. The van der Waals surface area contributed by atoms with Gasteiger partial charge >= 0.3 is 0 Å². The number of carbonyl (C=O) groups excluding carboxylic acids is 1. The maximum Gasteiger partial charge on any atom is 0.223 e. The van der Waals surface area contributed by atoms with Gasteiger partial charge in [-0.25, -0.2) is 0 Å². The molecule has 1 fully saturated rings. The van der Waals surface area contributed by atoms with Gasteiger partial charge in [0.1, 0.15) is 0 Å². The van der Waals surface area contributed by atoms with E-state index in [1.165, 1.54) is 5.56 Å². The van der Waals surface area contributed by atoms with Crippen LogP contribution in [0.4, 0.5) is 0 Å². The number of amides is 1. The van der Waals surface area contributed by atoms with Gasteiger partial charge in [-0.3, -0.25) is 4.79 Å². The Kier molecular flexibility index (Phi) is 3.10. The summed E-state index contributed by atoms with van der Waals surface area (Å²) in [6.45, 7) is 2.69. The Morgan fingerprint density at radius 2 is 2.27 bits per heavy atom. The second-order valence-corrected chi connectivity index (χ2v) is 4.93. The summed E-state index contributed by atoms with van der Waals surface area (Å²) >= 11 is 3.48. The molecule has 80 valence electrons. The predicted octanol–water partition coefficient (Wildman–Crippen LogP) is 2.78. The third-order valence-corrected chi connectivity index (χ3v) is 3.51. The summed E-state index contributed by atoms with van der Waals surface area (Å²) in [5.41, 5.74) is 2.36. The summed E-state index contributed by atoms with van der Waals surface area (Å²) in [6, 6.07) is 6.17. The van der Waals surface area contributed by atoms with Crippen LogP contribution in [0.2, 0.25) is 0 Å². The highest BCUT2D eigenvalue weighted by Crippen LogP contribution is 2.28. The van der Waals surface area contributed by atoms with Crippen LogP contribution in [0.3, 0.4) is 0 Å². The van der Waals surface area contributed by atoms with E-state index >= 15 is 0 Å². The van der Waals surface area contributed by atoms with Crippen molar-refractivity contribution < 1.29 is 4.79 Å². The molecule has 0 saturated heterocycles. The number of hydrogen-bond acceptors (Lipinski definition) is 1. The van der Waals surface area contributed by atoms with Gasteiger partial charge < -0.3 is 5.32 Å². The molecule has 0 atom stereocenters. The molecule has 0 heterocycles. The van der Waals surface area contributed by atoms with Crippen molar-refractivity contribution in [2.24, 2.45) is 5.92 Å². The highest BCUT2D eigenvalue weighted by molar-refractivity contribution is 9.10. The van der Waals surface area contributed by atoms with Crippen LogP contribution in [-0.2, 0) is 11.3 Å². The van der Waals surface area contributed by atoms with E-state index in [1.54, 1.807) is 0 Å². The van der Waals surface area contributed by atoms with Crippen LogP contribution in [0.15, 0.2) is 22.7 Å². The van der Waals surface area contributed by atoms with E-state index in [0.29, 0.717) is 12.5 Å². The van der Waals surface area contributed by atoms with E-state index < -0.39 is 0 Å². The smallest absolute Gasteiger partial charge is 0.223 e. The van der Waals surface area contributed by atoms with Gasteiger partial charge in [0.05, 0.1) is 0 Å². The van der Waals surface area contributed by atoms with Gasteiger partial charge in [-0.15, -0.1) is 0 Å². The van der Waals surface area contributed by atoms with Crippen LogP contribution in [0.5, 0.6) is 0 Å². The van der Waals surface area contributed by atoms with Crippen molar-refractivity contribution in [1.82, 2.24) is 5.32 Å². The number of carbonyl (C=O) groups is 1. The molecule has 3 heteroatoms. The molecule has 0 aromatic heterocycles. The molecular formula is C12H14BrNO. The Bertz CT molecular complexity index is 385. The van der Waals surface area contributed by atoms with Gasteiger partial charge in [-0.2, -0.15) is 0 Å². The van der Waals surface area contributed by atoms with Gasteiger partial charge in [-0.05, 0) is 37.0 Å². The minimum Gasteiger partial charge on any atom is -0.352 e. The summed E-state index contributed by atoms with van der Waals surface area (Å²) in [5.74, 6) is 0.491. The second kappa shape index (κ2) is 4.35. The lowest BCUT2D eigenvalue weighted by atomic mass is 10.1. The Hall–Kier alpha value is -0.830. The molecule has 0 bridgehead atoms. The summed E-state index contributed by atoms with van der Waals surface area (Å²) in [6.07, 6.45) is 2.12. The highest BCUT2D eigenvalue weighted by Gasteiger charge is 2.29. The fraction of sp³-hybridized carbons (Fsp3) is 0.417. The van der Waals surface area contributed by atoms with Gasteiger partial charge in [0.25, 0.3) is 0 Å². The molecule has 1 aliphatic carbocycles. The maximum absolute atomic E-state index is 11.4. The SMILES string of the molecule is Cc1ccc(CNC(=O)C2CC2)cc1Br. The Labute approximate surface area is 98.2 Å². The first-order valence-electron chi connectivity index (χ1n) is 5.19. The lowest BCUT2D eigenvalue weighted by Crippen LogP contribution is -2.24. The third kappa shape index (κ3) is 2.81. The lowest BCUT2D eigenvalue weighted by molar-refractivity contribution is -0.122. The van der Waals surface area contributed by atoms with Crippen molar-refractivity contribution in [2.75, 3.05) is 0 Å². The molecule has 0 unspecified atom stereocenters. The fourth-order valence-electron chi connectivity index (χ4n) is 1.43. The van der Waals surface area contributed by atoms with Crippen LogP contribution < -0.4 is 5.32 Å². The first kappa shape index (κ1) is 10.7. The van der Waals surface area contributed by atoms with Gasteiger partial charge in [0.2, 0.25) is 5.91 Å². The number of benzene rings is 1. The molecular weight excluding hydrogens is 254 g/mol. The number of halogens is 1. The number of nitrogens with one attached hydrogen (secondary N) is 1. The normalized spacial score (nSPS) is 15.1. The molecule has 1 aliphatic rings. The van der Waals surface area contributed by atoms with E-state index in [2.05, 4.69) is 40.3 Å². The molecule has 0 radical (unpaired) electrons. The average Bonchev–Trinajstić information content (AvgIpc) is 3.03. The van der Waals surface area contributed by atoms with Crippen LogP contribution >= 0.6 is 15.9 Å². The van der Waals surface area contributed by atoms with Crippen molar-refractivity contribution in [2.45, 2.75) is 26.3 Å². The van der Waals surface area contributed by atoms with Crippen LogP contribution in [-0.4, -0.2) is 5.91 Å². The topological polar surface area (TPSA) is 29.1 Å². The van der Waals surface area contributed by atoms with Crippen molar-refractivity contribution in [1.29, 1.82) is 0 Å². The van der Waals surface area contributed by atoms with Crippen molar-refractivity contribution in [3.63, 3.8) is 0 Å². The van der Waals surface area contributed by atoms with E-state index in [4.69, 9.17) is 0 Å². The molecule has 1 N–H and O–H groups in total. The Morgan fingerprint density at radius 3 is 2.87 bits per heavy atom. The van der Waals surface area contributed by atoms with E-state index in [-0.39, 0.29) is 5.91 Å². The predicted molar refractivity (Wildman–Crippen MR) is 63.4 cm³/mol. The largest absolute Gasteiger partial charge is 0.352 e. The third-order valence-electron chi connectivity index (χ3n) is 2.65. The zero-order valence-electron chi connectivity index (χ0n) is 8.72. The number of rotatable bonds is 3. The molecule has 1 amide bonds. The van der Waals surface area contributed by atoms with Crippen LogP contribution in [0.1, 0.15) is 24.0 Å². The molecule has 0 spiro atoms. The van der Waals surface area contributed by atoms with Crippen LogP contribution in [0.25, 0.3) is 0 Å². The monoisotopic (exact) mass is 267 g/mol. The first-order chi connectivity index (χ1) is 7.16. The molecule has 15 heavy (non-hydrogen) atoms. The number of hydrogen-bond donors (Lipinski definition) is 1.